The van der Waals surface area contributed by atoms with E-state index in [1.165, 1.54) is 11.8 Å². The fraction of sp³-hybridized carbons (Fsp3) is 0.364. The number of hydrogen-bond acceptors (Lipinski definition) is 5. The van der Waals surface area contributed by atoms with Gasteiger partial charge in [-0.1, -0.05) is 30.3 Å². The van der Waals surface area contributed by atoms with E-state index in [2.05, 4.69) is 48.4 Å². The second kappa shape index (κ2) is 8.07. The molecule has 1 fully saturated rings. The molecule has 0 atom stereocenters. The first-order valence-corrected chi connectivity index (χ1v) is 12.4. The molecule has 1 saturated heterocycles. The van der Waals surface area contributed by atoms with Crippen LogP contribution in [0.4, 0.5) is 0 Å². The molecular weight excluding hydrogens is 412 g/mol. The summed E-state index contributed by atoms with van der Waals surface area (Å²) in [6.45, 7) is 3.09. The molecule has 5 rings (SSSR count). The van der Waals surface area contributed by atoms with Gasteiger partial charge in [0.05, 0.1) is 24.5 Å². The van der Waals surface area contributed by atoms with E-state index in [4.69, 9.17) is 4.98 Å². The first kappa shape index (κ1) is 20.2. The Balaban J connectivity index is 1.45. The third kappa shape index (κ3) is 4.21. The predicted octanol–water partition coefficient (Wildman–Crippen LogP) is 2.80. The Labute approximate surface area is 181 Å². The number of fused-ring (bicyclic) bond motifs is 3. The smallest absolute Gasteiger partial charge is 0.209 e. The number of pyridine rings is 1. The van der Waals surface area contributed by atoms with Crippen LogP contribution >= 0.6 is 0 Å². The van der Waals surface area contributed by atoms with E-state index < -0.39 is 10.0 Å². The molecular formula is C22H26N6O2S. The summed E-state index contributed by atoms with van der Waals surface area (Å²) in [7, 11) is -3.32. The molecule has 1 aliphatic rings. The lowest BCUT2D eigenvalue weighted by atomic mass is 10.0. The Morgan fingerprint density at radius 2 is 1.94 bits per heavy atom. The molecule has 2 N–H and O–H groups in total. The van der Waals surface area contributed by atoms with Gasteiger partial charge in [0.1, 0.15) is 17.0 Å². The number of aromatic nitrogens is 4. The first-order chi connectivity index (χ1) is 15.0. The van der Waals surface area contributed by atoms with E-state index in [-0.39, 0.29) is 12.6 Å². The van der Waals surface area contributed by atoms with Crippen LogP contribution in [-0.4, -0.2) is 52.2 Å². The van der Waals surface area contributed by atoms with Crippen molar-refractivity contribution < 1.29 is 8.42 Å². The normalized spacial score (nSPS) is 16.4. The van der Waals surface area contributed by atoms with Gasteiger partial charge in [-0.2, -0.15) is 0 Å². The van der Waals surface area contributed by atoms with Crippen molar-refractivity contribution in [1.82, 2.24) is 29.1 Å². The van der Waals surface area contributed by atoms with E-state index in [0.29, 0.717) is 0 Å². The van der Waals surface area contributed by atoms with Crippen molar-refractivity contribution in [2.45, 2.75) is 32.0 Å². The van der Waals surface area contributed by atoms with Crippen molar-refractivity contribution in [3.8, 4) is 0 Å². The zero-order valence-electron chi connectivity index (χ0n) is 17.5. The van der Waals surface area contributed by atoms with Gasteiger partial charge >= 0.3 is 0 Å². The van der Waals surface area contributed by atoms with E-state index >= 15 is 0 Å². The van der Waals surface area contributed by atoms with Gasteiger partial charge in [0, 0.05) is 37.3 Å². The minimum absolute atomic E-state index is 0.170. The van der Waals surface area contributed by atoms with Gasteiger partial charge in [-0.15, -0.1) is 0 Å². The maximum absolute atomic E-state index is 11.7. The first-order valence-electron chi connectivity index (χ1n) is 10.5. The van der Waals surface area contributed by atoms with E-state index in [9.17, 15) is 8.42 Å². The second-order valence-electron chi connectivity index (χ2n) is 8.22. The number of H-pyrrole nitrogens is 1. The van der Waals surface area contributed by atoms with Gasteiger partial charge in [0.25, 0.3) is 0 Å². The molecule has 0 unspecified atom stereocenters. The van der Waals surface area contributed by atoms with Gasteiger partial charge in [0.2, 0.25) is 10.0 Å². The minimum atomic E-state index is -3.32. The summed E-state index contributed by atoms with van der Waals surface area (Å²) in [4.78, 5) is 14.9. The highest BCUT2D eigenvalue weighted by Gasteiger charge is 2.26. The minimum Gasteiger partial charge on any atom is -0.346 e. The average molecular weight is 439 g/mol. The highest BCUT2D eigenvalue weighted by atomic mass is 32.2. The summed E-state index contributed by atoms with van der Waals surface area (Å²) >= 11 is 0. The number of nitrogens with zero attached hydrogens (tertiary/aromatic N) is 4. The van der Waals surface area contributed by atoms with Gasteiger partial charge in [-0.05, 0) is 24.5 Å². The number of benzene rings is 1. The molecule has 0 saturated carbocycles. The Bertz CT molecular complexity index is 1300. The molecule has 8 nitrogen and oxygen atoms in total. The zero-order valence-corrected chi connectivity index (χ0v) is 18.3. The number of sulfonamides is 1. The Kier molecular flexibility index (Phi) is 5.25. The molecule has 0 spiro atoms. The number of imidazole rings is 1. The zero-order chi connectivity index (χ0) is 21.4. The molecule has 4 heterocycles. The summed E-state index contributed by atoms with van der Waals surface area (Å²) in [6.07, 6.45) is 6.79. The van der Waals surface area contributed by atoms with Crippen molar-refractivity contribution in [3.63, 3.8) is 0 Å². The van der Waals surface area contributed by atoms with Crippen molar-refractivity contribution in [3.05, 3.63) is 60.2 Å². The van der Waals surface area contributed by atoms with Crippen molar-refractivity contribution >= 4 is 32.1 Å². The van der Waals surface area contributed by atoms with E-state index in [1.54, 1.807) is 6.20 Å². The van der Waals surface area contributed by atoms with Crippen molar-refractivity contribution in [2.75, 3.05) is 19.3 Å². The SMILES string of the molecule is CS(=O)(=O)NCc1nc2cnc3[nH]ccc3c2n1C1CCN(Cc2ccccc2)CC1. The molecule has 9 heteroatoms. The topological polar surface area (TPSA) is 95.9 Å². The third-order valence-electron chi connectivity index (χ3n) is 5.97. The summed E-state index contributed by atoms with van der Waals surface area (Å²) in [5, 5.41) is 1.02. The van der Waals surface area contributed by atoms with Crippen LogP contribution in [-0.2, 0) is 23.1 Å². The van der Waals surface area contributed by atoms with Crippen LogP contribution < -0.4 is 4.72 Å². The van der Waals surface area contributed by atoms with Crippen LogP contribution in [0.25, 0.3) is 22.1 Å². The number of hydrogen-bond donors (Lipinski definition) is 2. The standard InChI is InChI=1S/C22H26N6O2S/c1-31(29,30)25-14-20-26-19-13-24-22-18(7-10-23-22)21(19)28(20)17-8-11-27(12-9-17)15-16-5-3-2-4-6-16/h2-7,10,13,17,25H,8-9,11-12,14-15H2,1H3,(H,23,24). The predicted molar refractivity (Wildman–Crippen MR) is 121 cm³/mol. The fourth-order valence-electron chi connectivity index (χ4n) is 4.53. The van der Waals surface area contributed by atoms with Gasteiger partial charge in [0.15, 0.2) is 0 Å². The maximum Gasteiger partial charge on any atom is 0.209 e. The fourth-order valence-corrected chi connectivity index (χ4v) is 4.92. The lowest BCUT2D eigenvalue weighted by molar-refractivity contribution is 0.180. The molecule has 0 aliphatic carbocycles. The van der Waals surface area contributed by atoms with Gasteiger partial charge in [-0.3, -0.25) is 4.90 Å². The maximum atomic E-state index is 11.7. The van der Waals surface area contributed by atoms with Crippen LogP contribution in [0, 0.1) is 0 Å². The lowest BCUT2D eigenvalue weighted by Gasteiger charge is -2.33. The summed E-state index contributed by atoms with van der Waals surface area (Å²) in [5.41, 5.74) is 3.96. The number of nitrogens with one attached hydrogen (secondary N) is 2. The second-order valence-corrected chi connectivity index (χ2v) is 10.0. The van der Waals surface area contributed by atoms with Crippen LogP contribution in [0.1, 0.15) is 30.3 Å². The molecule has 0 radical (unpaired) electrons. The Morgan fingerprint density at radius 1 is 1.16 bits per heavy atom. The molecule has 31 heavy (non-hydrogen) atoms. The number of aromatic amines is 1. The van der Waals surface area contributed by atoms with Gasteiger partial charge < -0.3 is 9.55 Å². The monoisotopic (exact) mass is 438 g/mol. The molecule has 1 aliphatic heterocycles. The molecule has 0 amide bonds. The third-order valence-corrected chi connectivity index (χ3v) is 6.64. The van der Waals surface area contributed by atoms with Gasteiger partial charge in [-0.25, -0.2) is 23.1 Å². The number of likely N-dealkylation sites (tertiary alicyclic amines) is 1. The molecule has 1 aromatic carbocycles. The molecule has 3 aromatic heterocycles. The summed E-state index contributed by atoms with van der Waals surface area (Å²) in [5.74, 6) is 0.734. The van der Waals surface area contributed by atoms with E-state index in [1.807, 2.05) is 18.3 Å². The number of piperidine rings is 1. The lowest BCUT2D eigenvalue weighted by Crippen LogP contribution is -2.35. The quantitative estimate of drug-likeness (QED) is 0.483. The number of rotatable bonds is 6. The van der Waals surface area contributed by atoms with Crippen molar-refractivity contribution in [1.29, 1.82) is 0 Å². The summed E-state index contributed by atoms with van der Waals surface area (Å²) < 4.78 is 28.3. The molecule has 162 valence electrons. The molecule has 0 bridgehead atoms. The molecule has 4 aromatic rings. The Morgan fingerprint density at radius 3 is 2.68 bits per heavy atom. The largest absolute Gasteiger partial charge is 0.346 e. The van der Waals surface area contributed by atoms with E-state index in [0.717, 1.165) is 60.4 Å². The highest BCUT2D eigenvalue weighted by Crippen LogP contribution is 2.32. The average Bonchev–Trinajstić information content (AvgIpc) is 3.37. The van der Waals surface area contributed by atoms with Crippen molar-refractivity contribution in [2.24, 2.45) is 0 Å². The van der Waals surface area contributed by atoms with Crippen LogP contribution in [0.2, 0.25) is 0 Å². The van der Waals surface area contributed by atoms with Crippen LogP contribution in [0.15, 0.2) is 48.8 Å². The highest BCUT2D eigenvalue weighted by molar-refractivity contribution is 7.88. The summed E-state index contributed by atoms with van der Waals surface area (Å²) in [6, 6.07) is 12.8. The Hall–Kier alpha value is -2.75. The van der Waals surface area contributed by atoms with Crippen LogP contribution in [0.5, 0.6) is 0 Å². The van der Waals surface area contributed by atoms with Crippen LogP contribution in [0.3, 0.4) is 0 Å².